The van der Waals surface area contributed by atoms with Gasteiger partial charge in [-0.3, -0.25) is 14.6 Å². The van der Waals surface area contributed by atoms with Gasteiger partial charge in [-0.25, -0.2) is 0 Å². The Morgan fingerprint density at radius 2 is 1.85 bits per heavy atom. The molecule has 1 aliphatic carbocycles. The molecule has 27 heavy (non-hydrogen) atoms. The van der Waals surface area contributed by atoms with Crippen LogP contribution in [0.1, 0.15) is 41.0 Å². The molecule has 0 saturated heterocycles. The molecule has 142 valence electrons. The quantitative estimate of drug-likeness (QED) is 0.543. The van der Waals surface area contributed by atoms with Crippen LogP contribution in [-0.2, 0) is 0 Å². The predicted molar refractivity (Wildman–Crippen MR) is 96.4 cm³/mol. The van der Waals surface area contributed by atoms with Crippen LogP contribution in [-0.4, -0.2) is 31.6 Å². The lowest BCUT2D eigenvalue weighted by molar-refractivity contribution is -0.0913. The van der Waals surface area contributed by atoms with Crippen LogP contribution >= 0.6 is 0 Å². The van der Waals surface area contributed by atoms with Crippen LogP contribution in [0.2, 0.25) is 0 Å². The highest BCUT2D eigenvalue weighted by molar-refractivity contribution is 6.27. The molecule has 0 aliphatic heterocycles. The fourth-order valence-electron chi connectivity index (χ4n) is 2.59. The molecule has 2 rings (SSSR count). The van der Waals surface area contributed by atoms with Crippen LogP contribution in [0.15, 0.2) is 57.8 Å². The Bertz CT molecular complexity index is 906. The monoisotopic (exact) mass is 377 g/mol. The zero-order valence-electron chi connectivity index (χ0n) is 15.1. The van der Waals surface area contributed by atoms with Crippen molar-refractivity contribution >= 4 is 18.3 Å². The van der Waals surface area contributed by atoms with E-state index in [2.05, 4.69) is 11.7 Å². The summed E-state index contributed by atoms with van der Waals surface area (Å²) in [5.41, 5.74) is 0.231. The van der Waals surface area contributed by atoms with E-state index in [1.807, 2.05) is 0 Å². The first kappa shape index (κ1) is 20.4. The van der Waals surface area contributed by atoms with Crippen molar-refractivity contribution in [3.63, 3.8) is 0 Å². The van der Waals surface area contributed by atoms with Crippen LogP contribution in [0.4, 0.5) is 13.2 Å². The van der Waals surface area contributed by atoms with Gasteiger partial charge >= 0.3 is 6.18 Å². The highest BCUT2D eigenvalue weighted by Gasteiger charge is 2.31. The van der Waals surface area contributed by atoms with Gasteiger partial charge in [-0.2, -0.15) is 13.2 Å². The van der Waals surface area contributed by atoms with Gasteiger partial charge in [-0.05, 0) is 44.8 Å². The Hall–Kier alpha value is -2.96. The van der Waals surface area contributed by atoms with E-state index < -0.39 is 11.7 Å². The van der Waals surface area contributed by atoms with Gasteiger partial charge in [-0.1, -0.05) is 6.08 Å². The summed E-state index contributed by atoms with van der Waals surface area (Å²) in [5, 5.41) is 0. The molecule has 0 saturated carbocycles. The van der Waals surface area contributed by atoms with Gasteiger partial charge in [0.25, 0.3) is 0 Å². The first-order valence-corrected chi connectivity index (χ1v) is 7.98. The largest absolute Gasteiger partial charge is 0.497 e. The average Bonchev–Trinajstić information content (AvgIpc) is 2.64. The predicted octanol–water partition coefficient (Wildman–Crippen LogP) is 4.87. The number of nitrogens with zero attached hydrogens (tertiary/aromatic N) is 1. The number of alkyl halides is 3. The number of Topliss-reactive ketones (excluding diaryl/α,β-unsaturated/α-hetero) is 2. The topological polar surface area (TPSA) is 55.7 Å². The second kappa shape index (κ2) is 7.73. The summed E-state index contributed by atoms with van der Waals surface area (Å²) in [6.45, 7) is 5.78. The van der Waals surface area contributed by atoms with Gasteiger partial charge < -0.3 is 4.74 Å². The summed E-state index contributed by atoms with van der Waals surface area (Å²) in [5.74, 6) is -0.269. The standard InChI is InChI=1S/C20H18F3NO3/c1-11(20(21,22)23)5-6-13(24-3)9-16-12(2)18(25)15-8-7-14(27-4)10-17(15)19(16)26/h5-8,10H,3,9H2,1-2,4H3/b11-5+,13-6-. The van der Waals surface area contributed by atoms with E-state index in [9.17, 15) is 22.8 Å². The van der Waals surface area contributed by atoms with E-state index in [0.29, 0.717) is 5.75 Å². The van der Waals surface area contributed by atoms with Gasteiger partial charge in [0, 0.05) is 40.0 Å². The van der Waals surface area contributed by atoms with Crippen molar-refractivity contribution in [3.05, 3.63) is 63.9 Å². The summed E-state index contributed by atoms with van der Waals surface area (Å²) in [6, 6.07) is 4.58. The molecule has 0 fully saturated rings. The Balaban J connectivity index is 2.42. The van der Waals surface area contributed by atoms with Gasteiger partial charge in [0.15, 0.2) is 11.6 Å². The summed E-state index contributed by atoms with van der Waals surface area (Å²) >= 11 is 0. The normalized spacial score (nSPS) is 15.8. The summed E-state index contributed by atoms with van der Waals surface area (Å²) in [4.78, 5) is 29.1. The number of aliphatic imine (C=N–C) groups is 1. The first-order valence-electron chi connectivity index (χ1n) is 7.98. The van der Waals surface area contributed by atoms with Crippen molar-refractivity contribution in [3.8, 4) is 5.75 Å². The number of hydrogen-bond donors (Lipinski definition) is 0. The Labute approximate surface area is 154 Å². The maximum absolute atomic E-state index is 12.8. The molecule has 0 amide bonds. The average molecular weight is 377 g/mol. The van der Waals surface area contributed by atoms with Crippen LogP contribution in [0.5, 0.6) is 5.75 Å². The van der Waals surface area contributed by atoms with Crippen molar-refractivity contribution in [2.75, 3.05) is 7.11 Å². The number of ether oxygens (including phenoxy) is 1. The van der Waals surface area contributed by atoms with Crippen molar-refractivity contribution < 1.29 is 27.5 Å². The Morgan fingerprint density at radius 1 is 1.19 bits per heavy atom. The molecular weight excluding hydrogens is 359 g/mol. The maximum atomic E-state index is 12.8. The lowest BCUT2D eigenvalue weighted by Gasteiger charge is -2.19. The fourth-order valence-corrected chi connectivity index (χ4v) is 2.59. The highest BCUT2D eigenvalue weighted by Crippen LogP contribution is 2.32. The minimum atomic E-state index is -4.45. The van der Waals surface area contributed by atoms with Gasteiger partial charge in [-0.15, -0.1) is 0 Å². The number of halogens is 3. The number of ketones is 2. The molecule has 1 aromatic carbocycles. The zero-order chi connectivity index (χ0) is 20.4. The molecule has 4 nitrogen and oxygen atoms in total. The maximum Gasteiger partial charge on any atom is 0.412 e. The molecule has 0 bridgehead atoms. The number of benzene rings is 1. The highest BCUT2D eigenvalue weighted by atomic mass is 19.4. The van der Waals surface area contributed by atoms with Crippen LogP contribution in [0.25, 0.3) is 0 Å². The lowest BCUT2D eigenvalue weighted by Crippen LogP contribution is -2.21. The molecule has 0 N–H and O–H groups in total. The summed E-state index contributed by atoms with van der Waals surface area (Å²) < 4.78 is 42.9. The number of carbonyl (C=O) groups excluding carboxylic acids is 2. The molecule has 0 unspecified atom stereocenters. The molecule has 0 atom stereocenters. The van der Waals surface area contributed by atoms with E-state index in [1.54, 1.807) is 6.07 Å². The number of methoxy groups -OCH3 is 1. The minimum Gasteiger partial charge on any atom is -0.497 e. The van der Waals surface area contributed by atoms with Crippen LogP contribution < -0.4 is 4.74 Å². The van der Waals surface area contributed by atoms with Crippen LogP contribution in [0.3, 0.4) is 0 Å². The Kier molecular flexibility index (Phi) is 5.83. The third-order valence-corrected chi connectivity index (χ3v) is 4.32. The molecule has 0 heterocycles. The van der Waals surface area contributed by atoms with E-state index in [1.165, 1.54) is 26.2 Å². The van der Waals surface area contributed by atoms with E-state index in [4.69, 9.17) is 4.74 Å². The second-order valence-electron chi connectivity index (χ2n) is 6.01. The molecule has 7 heteroatoms. The van der Waals surface area contributed by atoms with Crippen molar-refractivity contribution in [1.82, 2.24) is 0 Å². The van der Waals surface area contributed by atoms with Gasteiger partial charge in [0.1, 0.15) is 5.75 Å². The van der Waals surface area contributed by atoms with E-state index in [0.717, 1.165) is 19.1 Å². The number of hydrogen-bond acceptors (Lipinski definition) is 4. The fraction of sp³-hybridized carbons (Fsp3) is 0.250. The molecule has 1 aliphatic rings. The molecule has 0 spiro atoms. The zero-order valence-corrected chi connectivity index (χ0v) is 15.1. The SMILES string of the molecule is C=N/C(=C\C=C(/C)C(F)(F)F)CC1=C(C)C(=O)c2ccc(OC)cc2C1=O. The van der Waals surface area contributed by atoms with Crippen molar-refractivity contribution in [2.45, 2.75) is 26.4 Å². The number of allylic oxidation sites excluding steroid dienone is 5. The van der Waals surface area contributed by atoms with E-state index in [-0.39, 0.29) is 46.0 Å². The van der Waals surface area contributed by atoms with Gasteiger partial charge in [0.2, 0.25) is 0 Å². The molecule has 0 aromatic heterocycles. The second-order valence-corrected chi connectivity index (χ2v) is 6.01. The van der Waals surface area contributed by atoms with Crippen molar-refractivity contribution in [1.29, 1.82) is 0 Å². The third kappa shape index (κ3) is 4.24. The van der Waals surface area contributed by atoms with Crippen molar-refractivity contribution in [2.24, 2.45) is 4.99 Å². The van der Waals surface area contributed by atoms with Gasteiger partial charge in [0.05, 0.1) is 7.11 Å². The minimum absolute atomic E-state index is 0.0990. The number of rotatable bonds is 5. The first-order chi connectivity index (χ1) is 12.6. The lowest BCUT2D eigenvalue weighted by atomic mass is 9.83. The Morgan fingerprint density at radius 3 is 2.41 bits per heavy atom. The number of fused-ring (bicyclic) bond motifs is 1. The summed E-state index contributed by atoms with van der Waals surface area (Å²) in [7, 11) is 1.44. The smallest absolute Gasteiger partial charge is 0.412 e. The summed E-state index contributed by atoms with van der Waals surface area (Å²) in [6.07, 6.45) is -2.54. The van der Waals surface area contributed by atoms with Crippen LogP contribution in [0, 0.1) is 0 Å². The third-order valence-electron chi connectivity index (χ3n) is 4.32. The molecular formula is C20H18F3NO3. The number of carbonyl (C=O) groups is 2. The molecule has 1 aromatic rings. The molecule has 0 radical (unpaired) electrons. The van der Waals surface area contributed by atoms with E-state index >= 15 is 0 Å².